The second-order valence-corrected chi connectivity index (χ2v) is 14.1. The Labute approximate surface area is 270 Å². The highest BCUT2D eigenvalue weighted by Crippen LogP contribution is 2.69. The van der Waals surface area contributed by atoms with E-state index in [0.717, 1.165) is 0 Å². The van der Waals surface area contributed by atoms with Gasteiger partial charge in [-0.05, 0) is 18.7 Å². The van der Waals surface area contributed by atoms with Crippen molar-refractivity contribution >= 4 is 8.56 Å². The Morgan fingerprint density at radius 1 is 0.385 bits per heavy atom. The van der Waals surface area contributed by atoms with Crippen LogP contribution in [0, 0.1) is 0 Å². The maximum atomic E-state index is 14.1. The molecule has 0 atom stereocenters. The smallest absolute Gasteiger partial charge is 0.385 e. The predicted octanol–water partition coefficient (Wildman–Crippen LogP) is 10.8. The van der Waals surface area contributed by atoms with Crippen molar-refractivity contribution < 1.29 is 132 Å². The summed E-state index contributed by atoms with van der Waals surface area (Å²) >= 11 is 0. The molecule has 2 nitrogen and oxygen atoms in total. The molecule has 0 aromatic carbocycles. The van der Waals surface area contributed by atoms with Crippen LogP contribution >= 0.6 is 0 Å². The molecule has 52 heavy (non-hydrogen) atoms. The van der Waals surface area contributed by atoms with Gasteiger partial charge in [0.25, 0.3) is 0 Å². The number of hydrogen-bond donors (Lipinski definition) is 0. The van der Waals surface area contributed by atoms with Crippen LogP contribution in [0.2, 0.25) is 12.6 Å². The number of halogens is 28. The normalized spacial score (nSPS) is 16.8. The summed E-state index contributed by atoms with van der Waals surface area (Å²) in [6.07, 6.45) is -4.77. The fourth-order valence-corrected chi connectivity index (χ4v) is 4.71. The van der Waals surface area contributed by atoms with Gasteiger partial charge in [0, 0.05) is 20.6 Å². The lowest BCUT2D eigenvalue weighted by Gasteiger charge is -2.46. The van der Waals surface area contributed by atoms with Crippen molar-refractivity contribution in [3.8, 4) is 0 Å². The van der Waals surface area contributed by atoms with Crippen molar-refractivity contribution in [2.45, 2.75) is 102 Å². The first kappa shape index (κ1) is 49.9. The summed E-state index contributed by atoms with van der Waals surface area (Å²) in [5, 5.41) is 0. The van der Waals surface area contributed by atoms with E-state index in [9.17, 15) is 123 Å². The largest absolute Gasteiger partial charge is 0.398 e. The topological polar surface area (TPSA) is 18.5 Å². The molecule has 0 rings (SSSR count). The molecular formula is C21H16F28O2Si. The second kappa shape index (κ2) is 13.0. The summed E-state index contributed by atoms with van der Waals surface area (Å²) in [5.41, 5.74) is 0. The van der Waals surface area contributed by atoms with Gasteiger partial charge in [-0.2, -0.15) is 123 Å². The molecule has 0 unspecified atom stereocenters. The molecule has 0 radical (unpaired) electrons. The van der Waals surface area contributed by atoms with E-state index in [2.05, 4.69) is 8.85 Å². The summed E-state index contributed by atoms with van der Waals surface area (Å²) in [5.74, 6) is -126. The van der Waals surface area contributed by atoms with E-state index < -0.39 is 110 Å². The maximum absolute atomic E-state index is 14.1. The van der Waals surface area contributed by atoms with Gasteiger partial charge in [-0.25, -0.2) is 0 Å². The Morgan fingerprint density at radius 3 is 0.769 bits per heavy atom. The van der Waals surface area contributed by atoms with Gasteiger partial charge < -0.3 is 8.85 Å². The van der Waals surface area contributed by atoms with E-state index >= 15 is 0 Å². The van der Waals surface area contributed by atoms with Gasteiger partial charge in [-0.3, -0.25) is 0 Å². The molecule has 0 aliphatic carbocycles. The van der Waals surface area contributed by atoms with Crippen LogP contribution in [0.15, 0.2) is 12.7 Å². The highest BCUT2D eigenvalue weighted by molar-refractivity contribution is 6.65. The van der Waals surface area contributed by atoms with E-state index in [4.69, 9.17) is 0 Å². The van der Waals surface area contributed by atoms with Crippen molar-refractivity contribution in [2.75, 3.05) is 14.2 Å². The van der Waals surface area contributed by atoms with Crippen LogP contribution in [-0.2, 0) is 8.85 Å². The molecule has 31 heteroatoms. The summed E-state index contributed by atoms with van der Waals surface area (Å²) in [4.78, 5) is 0. The van der Waals surface area contributed by atoms with Crippen LogP contribution in [0.25, 0.3) is 0 Å². The van der Waals surface area contributed by atoms with Gasteiger partial charge in [-0.1, -0.05) is 6.58 Å². The number of rotatable bonds is 19. The lowest BCUT2D eigenvalue weighted by atomic mass is 9.83. The molecule has 0 saturated carbocycles. The van der Waals surface area contributed by atoms with Gasteiger partial charge in [0.15, 0.2) is 0 Å². The summed E-state index contributed by atoms with van der Waals surface area (Å²) in [6.45, 7) is 2.23. The number of alkyl halides is 28. The molecule has 0 amide bonds. The maximum Gasteiger partial charge on any atom is 0.385 e. The molecule has 0 aliphatic rings. The van der Waals surface area contributed by atoms with Gasteiger partial charge in [0.2, 0.25) is 0 Å². The van der Waals surface area contributed by atoms with E-state index in [-0.39, 0.29) is 0 Å². The molecule has 0 aromatic rings. The third-order valence-corrected chi connectivity index (χ3v) is 10.1. The SMILES string of the molecule is C=CC(F)(F)C(F)(F)C(F)(F)C(F)(F)C(F)(F)C(F)(F)C(F)(F)C(F)(F)C(F)(F)C(F)(F)C(F)(F)C(F)(F)C(F)(F)C(F)(F)CC[Si](C)(OC)OC. The molecule has 0 bridgehead atoms. The first-order chi connectivity index (χ1) is 22.1. The third-order valence-electron chi connectivity index (χ3n) is 7.23. The van der Waals surface area contributed by atoms with Gasteiger partial charge in [0.05, 0.1) is 0 Å². The van der Waals surface area contributed by atoms with E-state index in [1.54, 1.807) is 6.58 Å². The molecule has 0 fully saturated rings. The minimum atomic E-state index is -9.86. The van der Waals surface area contributed by atoms with Crippen LogP contribution < -0.4 is 0 Å². The van der Waals surface area contributed by atoms with Gasteiger partial charge >= 0.3 is 91.5 Å². The third kappa shape index (κ3) is 6.15. The van der Waals surface area contributed by atoms with Crippen LogP contribution in [-0.4, -0.2) is 106 Å². The van der Waals surface area contributed by atoms with Crippen molar-refractivity contribution in [1.82, 2.24) is 0 Å². The number of allylic oxidation sites excluding steroid dienone is 1. The average Bonchev–Trinajstić information content (AvgIpc) is 2.98. The summed E-state index contributed by atoms with van der Waals surface area (Å²) in [6, 6.07) is -1.73. The quantitative estimate of drug-likeness (QED) is 0.0732. The summed E-state index contributed by atoms with van der Waals surface area (Å²) in [7, 11) is -3.07. The van der Waals surface area contributed by atoms with Crippen LogP contribution in [0.3, 0.4) is 0 Å². The summed E-state index contributed by atoms with van der Waals surface area (Å²) < 4.78 is 396. The molecule has 0 aromatic heterocycles. The van der Waals surface area contributed by atoms with Crippen molar-refractivity contribution in [3.05, 3.63) is 12.7 Å². The lowest BCUT2D eigenvalue weighted by Crippen LogP contribution is -2.79. The molecule has 0 spiro atoms. The highest BCUT2D eigenvalue weighted by atomic mass is 28.4. The van der Waals surface area contributed by atoms with E-state index in [0.29, 0.717) is 20.8 Å². The van der Waals surface area contributed by atoms with Gasteiger partial charge in [0.1, 0.15) is 0 Å². The van der Waals surface area contributed by atoms with Crippen LogP contribution in [0.1, 0.15) is 6.42 Å². The Morgan fingerprint density at radius 2 is 0.577 bits per heavy atom. The predicted molar refractivity (Wildman–Crippen MR) is 115 cm³/mol. The molecular weight excluding hydrogens is 844 g/mol. The Kier molecular flexibility index (Phi) is 12.5. The molecule has 0 aliphatic heterocycles. The Hall–Kier alpha value is -2.08. The zero-order valence-corrected chi connectivity index (χ0v) is 25.6. The van der Waals surface area contributed by atoms with Crippen molar-refractivity contribution in [1.29, 1.82) is 0 Å². The Balaban J connectivity index is 7.49. The monoisotopic (exact) mass is 860 g/mol. The zero-order chi connectivity index (χ0) is 43.0. The minimum absolute atomic E-state index is 0.566. The standard InChI is InChI=1S/C21H16F28O2Si/c1-5-8(22,23)10(26,27)12(30,31)14(34,35)16(38,39)18(42,43)20(46,47)21(48,49)19(44,45)17(40,41)15(36,37)13(32,33)11(28,29)9(24,25)6-7-52(4,50-2)51-3/h5H,1,6-7H2,2-4H3. The highest BCUT2D eigenvalue weighted by Gasteiger charge is 3.00. The van der Waals surface area contributed by atoms with Crippen molar-refractivity contribution in [2.24, 2.45) is 0 Å². The van der Waals surface area contributed by atoms with Crippen molar-refractivity contribution in [3.63, 3.8) is 0 Å². The fraction of sp³-hybridized carbons (Fsp3) is 0.905. The van der Waals surface area contributed by atoms with E-state index in [1.807, 2.05) is 0 Å². The van der Waals surface area contributed by atoms with E-state index in [1.165, 1.54) is 0 Å². The van der Waals surface area contributed by atoms with Crippen LogP contribution in [0.4, 0.5) is 123 Å². The van der Waals surface area contributed by atoms with Crippen LogP contribution in [0.5, 0.6) is 0 Å². The first-order valence-electron chi connectivity index (χ1n) is 12.2. The first-order valence-corrected chi connectivity index (χ1v) is 14.7. The minimum Gasteiger partial charge on any atom is -0.398 e. The average molecular weight is 860 g/mol. The molecule has 0 heterocycles. The van der Waals surface area contributed by atoms with Gasteiger partial charge in [-0.15, -0.1) is 0 Å². The molecule has 312 valence electrons. The number of hydrogen-bond acceptors (Lipinski definition) is 2. The Bertz CT molecular complexity index is 1280. The zero-order valence-electron chi connectivity index (χ0n) is 24.6. The fourth-order valence-electron chi connectivity index (χ4n) is 3.37. The second-order valence-electron chi connectivity index (χ2n) is 10.5. The molecule has 0 N–H and O–H groups in total. The lowest BCUT2D eigenvalue weighted by molar-refractivity contribution is -0.484. The molecule has 0 saturated heterocycles.